The molecule has 7 nitrogen and oxygen atoms in total. The van der Waals surface area contributed by atoms with E-state index in [2.05, 4.69) is 43.5 Å². The molecule has 0 aliphatic carbocycles. The van der Waals surface area contributed by atoms with Crippen molar-refractivity contribution < 1.29 is 28.0 Å². The van der Waals surface area contributed by atoms with Crippen LogP contribution < -0.4 is 5.32 Å². The number of aliphatic hydroxyl groups excluding tert-OH is 2. The molecule has 50 heavy (non-hydrogen) atoms. The van der Waals surface area contributed by atoms with Crippen molar-refractivity contribution in [2.75, 3.05) is 5.75 Å². The summed E-state index contributed by atoms with van der Waals surface area (Å²) in [5, 5.41) is 23.5. The largest absolute Gasteiger partial charge is 0.391 e. The van der Waals surface area contributed by atoms with Crippen molar-refractivity contribution in [2.24, 2.45) is 0 Å². The number of aliphatic hydroxyl groups is 2. The van der Waals surface area contributed by atoms with Crippen LogP contribution in [-0.4, -0.2) is 53.1 Å². The van der Waals surface area contributed by atoms with E-state index < -0.39 is 40.0 Å². The van der Waals surface area contributed by atoms with Gasteiger partial charge in [-0.15, -0.1) is 0 Å². The van der Waals surface area contributed by atoms with Crippen molar-refractivity contribution in [1.29, 1.82) is 0 Å². The van der Waals surface area contributed by atoms with Crippen molar-refractivity contribution >= 4 is 16.0 Å². The van der Waals surface area contributed by atoms with Crippen LogP contribution in [0.15, 0.2) is 24.3 Å². The fourth-order valence-corrected chi connectivity index (χ4v) is 7.32. The molecular weight excluding hydrogens is 647 g/mol. The Balaban J connectivity index is 3.91. The lowest BCUT2D eigenvalue weighted by Gasteiger charge is -2.24. The van der Waals surface area contributed by atoms with Gasteiger partial charge in [0.2, 0.25) is 5.91 Å². The molecule has 0 saturated heterocycles. The van der Waals surface area contributed by atoms with Gasteiger partial charge in [-0.3, -0.25) is 9.35 Å². The van der Waals surface area contributed by atoms with Crippen LogP contribution in [0.5, 0.6) is 0 Å². The number of rotatable bonds is 38. The normalized spacial score (nSPS) is 14.1. The Kier molecular flexibility index (Phi) is 35.3. The summed E-state index contributed by atoms with van der Waals surface area (Å²) in [6.45, 7) is 4.41. The summed E-state index contributed by atoms with van der Waals surface area (Å²) >= 11 is 0. The highest BCUT2D eigenvalue weighted by Gasteiger charge is 2.28. The van der Waals surface area contributed by atoms with Crippen LogP contribution in [0, 0.1) is 0 Å². The molecule has 0 fully saturated rings. The molecule has 4 N–H and O–H groups in total. The van der Waals surface area contributed by atoms with Crippen molar-refractivity contribution in [1.82, 2.24) is 5.32 Å². The second kappa shape index (κ2) is 36.2. The third kappa shape index (κ3) is 35.2. The molecule has 8 heteroatoms. The first-order valence-corrected chi connectivity index (χ1v) is 22.7. The van der Waals surface area contributed by atoms with Crippen molar-refractivity contribution in [3.8, 4) is 0 Å². The highest BCUT2D eigenvalue weighted by atomic mass is 32.2. The van der Waals surface area contributed by atoms with Crippen LogP contribution in [0.4, 0.5) is 0 Å². The molecule has 0 spiro atoms. The molecule has 3 atom stereocenters. The maximum Gasteiger partial charge on any atom is 0.266 e. The van der Waals surface area contributed by atoms with Gasteiger partial charge in [-0.25, -0.2) is 0 Å². The van der Waals surface area contributed by atoms with E-state index in [1.54, 1.807) is 0 Å². The Morgan fingerprint density at radius 3 is 1.40 bits per heavy atom. The fourth-order valence-electron chi connectivity index (χ4n) is 6.56. The molecule has 0 aromatic heterocycles. The third-order valence-electron chi connectivity index (χ3n) is 9.78. The van der Waals surface area contributed by atoms with E-state index in [0.29, 0.717) is 19.3 Å². The zero-order valence-electron chi connectivity index (χ0n) is 32.6. The number of carbonyl (C=O) groups is 1. The average Bonchev–Trinajstić information content (AvgIpc) is 3.08. The molecule has 0 bridgehead atoms. The van der Waals surface area contributed by atoms with Gasteiger partial charge >= 0.3 is 0 Å². The highest BCUT2D eigenvalue weighted by molar-refractivity contribution is 7.85. The molecule has 296 valence electrons. The second-order valence-electron chi connectivity index (χ2n) is 14.7. The van der Waals surface area contributed by atoms with Gasteiger partial charge in [0, 0.05) is 0 Å². The molecule has 0 aromatic carbocycles. The van der Waals surface area contributed by atoms with E-state index in [1.807, 2.05) is 0 Å². The Morgan fingerprint density at radius 1 is 0.560 bits per heavy atom. The summed E-state index contributed by atoms with van der Waals surface area (Å²) in [6, 6.07) is -1.14. The van der Waals surface area contributed by atoms with Gasteiger partial charge in [-0.2, -0.15) is 8.42 Å². The number of allylic oxidation sites excluding steroid dienone is 4. The van der Waals surface area contributed by atoms with Gasteiger partial charge in [-0.05, 0) is 38.5 Å². The van der Waals surface area contributed by atoms with Gasteiger partial charge in [0.25, 0.3) is 10.1 Å². The minimum atomic E-state index is -4.40. The number of unbranched alkanes of at least 4 members (excludes halogenated alkanes) is 25. The summed E-state index contributed by atoms with van der Waals surface area (Å²) in [5.41, 5.74) is 0. The van der Waals surface area contributed by atoms with Crippen LogP contribution in [0.2, 0.25) is 0 Å². The Labute approximate surface area is 309 Å². The molecule has 0 radical (unpaired) electrons. The molecule has 3 unspecified atom stereocenters. The van der Waals surface area contributed by atoms with Crippen molar-refractivity contribution in [3.63, 3.8) is 0 Å². The topological polar surface area (TPSA) is 124 Å². The maximum absolute atomic E-state index is 12.6. The van der Waals surface area contributed by atoms with Gasteiger partial charge in [-0.1, -0.05) is 199 Å². The summed E-state index contributed by atoms with van der Waals surface area (Å²) < 4.78 is 32.6. The molecule has 0 aromatic rings. The predicted molar refractivity (Wildman–Crippen MR) is 213 cm³/mol. The van der Waals surface area contributed by atoms with Gasteiger partial charge in [0.15, 0.2) is 0 Å². The van der Waals surface area contributed by atoms with Gasteiger partial charge in [0.05, 0.1) is 17.9 Å². The lowest BCUT2D eigenvalue weighted by Crippen LogP contribution is -2.50. The molecule has 1 amide bonds. The molecule has 0 heterocycles. The van der Waals surface area contributed by atoms with Gasteiger partial charge < -0.3 is 15.5 Å². The third-order valence-corrected chi connectivity index (χ3v) is 10.6. The van der Waals surface area contributed by atoms with Crippen LogP contribution in [0.25, 0.3) is 0 Å². The second-order valence-corrected chi connectivity index (χ2v) is 16.2. The van der Waals surface area contributed by atoms with Crippen molar-refractivity contribution in [3.05, 3.63) is 24.3 Å². The monoisotopic (exact) mass is 728 g/mol. The van der Waals surface area contributed by atoms with Crippen molar-refractivity contribution in [2.45, 2.75) is 231 Å². The molecule has 0 rings (SSSR count). The quantitative estimate of drug-likeness (QED) is 0.0285. The van der Waals surface area contributed by atoms with Crippen LogP contribution in [-0.2, 0) is 14.9 Å². The number of amides is 1. The summed E-state index contributed by atoms with van der Waals surface area (Å²) in [5.74, 6) is -1.45. The fraction of sp³-hybridized carbons (Fsp3) is 0.881. The minimum Gasteiger partial charge on any atom is -0.391 e. The first-order valence-electron chi connectivity index (χ1n) is 21.1. The number of carbonyl (C=O) groups excluding carboxylic acids is 1. The predicted octanol–water partition coefficient (Wildman–Crippen LogP) is 11.3. The highest BCUT2D eigenvalue weighted by Crippen LogP contribution is 2.16. The minimum absolute atomic E-state index is 0.298. The lowest BCUT2D eigenvalue weighted by atomic mass is 10.0. The van der Waals surface area contributed by atoms with Crippen LogP contribution in [0.3, 0.4) is 0 Å². The standard InChI is InChI=1S/C42H81NO6S/c1-3-5-7-9-11-13-15-17-18-19-20-21-22-23-25-27-29-31-33-35-37-41(45)42(46)43-39(38-50(47,48)49)40(44)36-34-32-30-28-26-24-16-14-12-10-8-6-4-2/h5,7,11,13,39-41,44-45H,3-4,6,8-10,12,14-38H2,1-2H3,(H,43,46)(H,47,48,49)/b7-5-,13-11-. The number of nitrogens with one attached hydrogen (secondary N) is 1. The summed E-state index contributed by atoms with van der Waals surface area (Å²) in [7, 11) is -4.40. The Bertz CT molecular complexity index is 906. The summed E-state index contributed by atoms with van der Waals surface area (Å²) in [4.78, 5) is 12.6. The summed E-state index contributed by atoms with van der Waals surface area (Å²) in [6.07, 6.45) is 42.0. The Hall–Kier alpha value is -1.22. The molecule has 0 saturated carbocycles. The van der Waals surface area contributed by atoms with E-state index in [1.165, 1.54) is 122 Å². The number of hydrogen-bond acceptors (Lipinski definition) is 5. The van der Waals surface area contributed by atoms with E-state index in [-0.39, 0.29) is 0 Å². The smallest absolute Gasteiger partial charge is 0.266 e. The zero-order chi connectivity index (χ0) is 37.0. The van der Waals surface area contributed by atoms with Crippen LogP contribution >= 0.6 is 0 Å². The average molecular weight is 728 g/mol. The van der Waals surface area contributed by atoms with E-state index in [9.17, 15) is 28.0 Å². The first-order chi connectivity index (χ1) is 24.2. The van der Waals surface area contributed by atoms with E-state index in [4.69, 9.17) is 0 Å². The lowest BCUT2D eigenvalue weighted by molar-refractivity contribution is -0.131. The molecular formula is C42H81NO6S. The number of hydrogen-bond donors (Lipinski definition) is 4. The van der Waals surface area contributed by atoms with E-state index >= 15 is 0 Å². The SMILES string of the molecule is CC/C=C\C/C=C\CCCCCCCCCCCCCCCC(O)C(=O)NC(CS(=O)(=O)O)C(O)CCCCCCCCCCCCCCC. The molecule has 0 aliphatic heterocycles. The molecule has 0 aliphatic rings. The van der Waals surface area contributed by atoms with Crippen LogP contribution in [0.1, 0.15) is 213 Å². The Morgan fingerprint density at radius 2 is 0.960 bits per heavy atom. The van der Waals surface area contributed by atoms with Gasteiger partial charge in [0.1, 0.15) is 6.10 Å². The maximum atomic E-state index is 12.6. The van der Waals surface area contributed by atoms with E-state index in [0.717, 1.165) is 57.8 Å². The zero-order valence-corrected chi connectivity index (χ0v) is 33.5. The first kappa shape index (κ1) is 48.8.